The van der Waals surface area contributed by atoms with Crippen LogP contribution in [0.1, 0.15) is 6.92 Å². The van der Waals surface area contributed by atoms with E-state index < -0.39 is 30.1 Å². The third-order valence-electron chi connectivity index (χ3n) is 1.58. The highest BCUT2D eigenvalue weighted by Gasteiger charge is 2.36. The first-order valence-corrected chi connectivity index (χ1v) is 4.37. The summed E-state index contributed by atoms with van der Waals surface area (Å²) in [6.45, 7) is 0.485. The molecule has 0 spiro atoms. The van der Waals surface area contributed by atoms with Crippen LogP contribution in [-0.2, 0) is 19.1 Å². The Balaban J connectivity index is 4.72. The third kappa shape index (κ3) is 4.71. The second kappa shape index (κ2) is 6.75. The Morgan fingerprint density at radius 3 is 2.12 bits per heavy atom. The molecule has 16 heavy (non-hydrogen) atoms. The molecule has 8 nitrogen and oxygen atoms in total. The number of aliphatic hydroxyl groups excluding tert-OH is 1. The van der Waals surface area contributed by atoms with E-state index in [1.165, 1.54) is 0 Å². The molecule has 0 aromatic carbocycles. The smallest absolute Gasteiger partial charge is 0.347 e. The SMILES string of the molecule is CC(=O)OC(C(=O)O)C(NCCO)C(=O)O. The summed E-state index contributed by atoms with van der Waals surface area (Å²) in [5, 5.41) is 28.2. The summed E-state index contributed by atoms with van der Waals surface area (Å²) >= 11 is 0. The highest BCUT2D eigenvalue weighted by molar-refractivity contribution is 5.86. The van der Waals surface area contributed by atoms with E-state index in [1.54, 1.807) is 0 Å². The maximum absolute atomic E-state index is 10.7. The number of aliphatic carboxylic acids is 2. The number of rotatable bonds is 7. The van der Waals surface area contributed by atoms with E-state index in [2.05, 4.69) is 10.1 Å². The molecule has 8 heteroatoms. The zero-order valence-electron chi connectivity index (χ0n) is 8.54. The van der Waals surface area contributed by atoms with Crippen LogP contribution in [0.15, 0.2) is 0 Å². The molecule has 0 aliphatic heterocycles. The molecule has 92 valence electrons. The van der Waals surface area contributed by atoms with Crippen LogP contribution >= 0.6 is 0 Å². The zero-order valence-corrected chi connectivity index (χ0v) is 8.54. The molecule has 0 radical (unpaired) electrons. The van der Waals surface area contributed by atoms with Crippen LogP contribution in [0, 0.1) is 0 Å². The van der Waals surface area contributed by atoms with Crippen molar-refractivity contribution in [1.29, 1.82) is 0 Å². The number of carbonyl (C=O) groups is 3. The average Bonchev–Trinajstić information content (AvgIpc) is 2.15. The maximum Gasteiger partial charge on any atom is 0.347 e. The van der Waals surface area contributed by atoms with Gasteiger partial charge in [0.15, 0.2) is 6.04 Å². The zero-order chi connectivity index (χ0) is 12.7. The van der Waals surface area contributed by atoms with Crippen LogP contribution in [-0.4, -0.2) is 58.5 Å². The number of carboxylic acids is 2. The molecule has 0 aromatic rings. The van der Waals surface area contributed by atoms with Crippen LogP contribution in [0.3, 0.4) is 0 Å². The summed E-state index contributed by atoms with van der Waals surface area (Å²) in [5.74, 6) is -3.96. The summed E-state index contributed by atoms with van der Waals surface area (Å²) in [6.07, 6.45) is -1.83. The largest absolute Gasteiger partial charge is 0.480 e. The molecule has 0 amide bonds. The standard InChI is InChI=1S/C8H13NO7/c1-4(11)16-6(8(14)15)5(7(12)13)9-2-3-10/h5-6,9-10H,2-3H2,1H3,(H,12,13)(H,14,15). The van der Waals surface area contributed by atoms with Crippen molar-refractivity contribution in [3.05, 3.63) is 0 Å². The molecule has 0 bridgehead atoms. The predicted molar refractivity (Wildman–Crippen MR) is 49.7 cm³/mol. The monoisotopic (exact) mass is 235 g/mol. The maximum atomic E-state index is 10.7. The Morgan fingerprint density at radius 2 is 1.81 bits per heavy atom. The molecular formula is C8H13NO7. The van der Waals surface area contributed by atoms with Gasteiger partial charge in [-0.15, -0.1) is 0 Å². The minimum atomic E-state index is -1.83. The summed E-state index contributed by atoms with van der Waals surface area (Å²) < 4.78 is 4.37. The van der Waals surface area contributed by atoms with Crippen molar-refractivity contribution in [2.75, 3.05) is 13.2 Å². The van der Waals surface area contributed by atoms with Crippen LogP contribution in [0.2, 0.25) is 0 Å². The average molecular weight is 235 g/mol. The van der Waals surface area contributed by atoms with E-state index in [0.29, 0.717) is 0 Å². The van der Waals surface area contributed by atoms with Crippen molar-refractivity contribution >= 4 is 17.9 Å². The first-order valence-electron chi connectivity index (χ1n) is 4.37. The molecule has 0 aromatic heterocycles. The van der Waals surface area contributed by atoms with Crippen molar-refractivity contribution in [2.45, 2.75) is 19.1 Å². The van der Waals surface area contributed by atoms with Gasteiger partial charge < -0.3 is 20.1 Å². The lowest BCUT2D eigenvalue weighted by atomic mass is 10.1. The first kappa shape index (κ1) is 14.3. The van der Waals surface area contributed by atoms with E-state index in [-0.39, 0.29) is 13.2 Å². The Kier molecular flexibility index (Phi) is 6.04. The summed E-state index contributed by atoms with van der Waals surface area (Å²) in [5.41, 5.74) is 0. The van der Waals surface area contributed by atoms with Gasteiger partial charge in [0.25, 0.3) is 0 Å². The van der Waals surface area contributed by atoms with Gasteiger partial charge in [0, 0.05) is 13.5 Å². The van der Waals surface area contributed by atoms with Crippen LogP contribution in [0.4, 0.5) is 0 Å². The Bertz CT molecular complexity index is 278. The minimum Gasteiger partial charge on any atom is -0.480 e. The number of nitrogens with one attached hydrogen (secondary N) is 1. The van der Waals surface area contributed by atoms with E-state index >= 15 is 0 Å². The van der Waals surface area contributed by atoms with Gasteiger partial charge in [-0.1, -0.05) is 0 Å². The molecule has 2 atom stereocenters. The van der Waals surface area contributed by atoms with E-state index in [0.717, 1.165) is 6.92 Å². The fourth-order valence-electron chi connectivity index (χ4n) is 0.984. The molecule has 0 rings (SSSR count). The van der Waals surface area contributed by atoms with Gasteiger partial charge in [-0.25, -0.2) is 4.79 Å². The Hall–Kier alpha value is -1.67. The number of hydrogen-bond acceptors (Lipinski definition) is 6. The van der Waals surface area contributed by atoms with Gasteiger partial charge in [-0.3, -0.25) is 14.9 Å². The number of esters is 1. The molecule has 4 N–H and O–H groups in total. The number of ether oxygens (including phenoxy) is 1. The van der Waals surface area contributed by atoms with Crippen molar-refractivity contribution in [3.63, 3.8) is 0 Å². The second-order valence-electron chi connectivity index (χ2n) is 2.86. The van der Waals surface area contributed by atoms with Crippen LogP contribution in [0.25, 0.3) is 0 Å². The first-order chi connectivity index (χ1) is 7.40. The lowest BCUT2D eigenvalue weighted by Gasteiger charge is -2.20. The summed E-state index contributed by atoms with van der Waals surface area (Å²) in [4.78, 5) is 32.0. The fraction of sp³-hybridized carbons (Fsp3) is 0.625. The second-order valence-corrected chi connectivity index (χ2v) is 2.86. The molecule has 0 saturated carbocycles. The van der Waals surface area contributed by atoms with Gasteiger partial charge in [0.1, 0.15) is 0 Å². The van der Waals surface area contributed by atoms with E-state index in [1.807, 2.05) is 0 Å². The molecule has 0 aliphatic carbocycles. The van der Waals surface area contributed by atoms with E-state index in [9.17, 15) is 14.4 Å². The highest BCUT2D eigenvalue weighted by Crippen LogP contribution is 2.02. The third-order valence-corrected chi connectivity index (χ3v) is 1.58. The van der Waals surface area contributed by atoms with Gasteiger partial charge in [-0.05, 0) is 0 Å². The normalized spacial score (nSPS) is 13.9. The lowest BCUT2D eigenvalue weighted by molar-refractivity contribution is -0.168. The van der Waals surface area contributed by atoms with Crippen molar-refractivity contribution in [1.82, 2.24) is 5.32 Å². The van der Waals surface area contributed by atoms with Crippen molar-refractivity contribution < 1.29 is 34.4 Å². The highest BCUT2D eigenvalue weighted by atomic mass is 16.6. The summed E-state index contributed by atoms with van der Waals surface area (Å²) in [7, 11) is 0. The molecule has 0 aliphatic rings. The Labute approximate surface area is 90.8 Å². The van der Waals surface area contributed by atoms with Crippen LogP contribution < -0.4 is 5.32 Å². The van der Waals surface area contributed by atoms with Gasteiger partial charge in [-0.2, -0.15) is 0 Å². The molecular weight excluding hydrogens is 222 g/mol. The number of carbonyl (C=O) groups excluding carboxylic acids is 1. The topological polar surface area (TPSA) is 133 Å². The Morgan fingerprint density at radius 1 is 1.25 bits per heavy atom. The van der Waals surface area contributed by atoms with Crippen molar-refractivity contribution in [2.24, 2.45) is 0 Å². The molecule has 0 fully saturated rings. The summed E-state index contributed by atoms with van der Waals surface area (Å²) in [6, 6.07) is -1.60. The number of carboxylic acid groups (broad SMARTS) is 2. The fourth-order valence-corrected chi connectivity index (χ4v) is 0.984. The van der Waals surface area contributed by atoms with E-state index in [4.69, 9.17) is 15.3 Å². The van der Waals surface area contributed by atoms with Gasteiger partial charge in [0.2, 0.25) is 6.10 Å². The number of aliphatic hydroxyl groups is 1. The predicted octanol–water partition coefficient (Wildman–Crippen LogP) is -1.96. The lowest BCUT2D eigenvalue weighted by Crippen LogP contribution is -2.52. The minimum absolute atomic E-state index is 0.123. The molecule has 2 unspecified atom stereocenters. The van der Waals surface area contributed by atoms with Gasteiger partial charge in [0.05, 0.1) is 6.61 Å². The van der Waals surface area contributed by atoms with Crippen LogP contribution in [0.5, 0.6) is 0 Å². The van der Waals surface area contributed by atoms with Gasteiger partial charge >= 0.3 is 17.9 Å². The molecule has 0 heterocycles. The van der Waals surface area contributed by atoms with Crippen molar-refractivity contribution in [3.8, 4) is 0 Å². The quantitative estimate of drug-likeness (QED) is 0.374. The molecule has 0 saturated heterocycles. The number of hydrogen-bond donors (Lipinski definition) is 4.